The van der Waals surface area contributed by atoms with Gasteiger partial charge in [-0.15, -0.1) is 0 Å². The number of H-pyrrole nitrogens is 1. The first kappa shape index (κ1) is 17.7. The molecule has 0 radical (unpaired) electrons. The number of aliphatic hydroxyl groups is 2. The Morgan fingerprint density at radius 3 is 2.44 bits per heavy atom. The van der Waals surface area contributed by atoms with Crippen LogP contribution in [0.25, 0.3) is 22.2 Å². The van der Waals surface area contributed by atoms with Crippen molar-refractivity contribution < 1.29 is 19.4 Å². The van der Waals surface area contributed by atoms with Crippen molar-refractivity contribution in [2.45, 2.75) is 25.0 Å². The molecule has 0 spiro atoms. The van der Waals surface area contributed by atoms with Gasteiger partial charge in [0.15, 0.2) is 0 Å². The molecular weight excluding hydrogens is 347 g/mol. The predicted octanol–water partition coefficient (Wildman–Crippen LogP) is 2.47. The maximum absolute atomic E-state index is 13.3. The van der Waals surface area contributed by atoms with Crippen molar-refractivity contribution in [3.05, 3.63) is 59.9 Å². The topological polar surface area (TPSA) is 76.6 Å². The van der Waals surface area contributed by atoms with Crippen LogP contribution in [0.15, 0.2) is 48.5 Å². The van der Waals surface area contributed by atoms with Gasteiger partial charge in [0.05, 0.1) is 12.2 Å². The number of aryl methyl sites for hydroxylation is 1. The first-order valence-corrected chi connectivity index (χ1v) is 9.02. The molecule has 0 bridgehead atoms. The molecule has 0 aliphatic carbocycles. The minimum atomic E-state index is -0.878. The molecule has 1 aromatic heterocycles. The number of nitrogens with one attached hydrogen (secondary N) is 1. The SMILES string of the molecule is O=C(CCc1c(-c2ccc(F)cc2)[nH]c2ccccc12)N1C[C@H](O)[C@@H](O)C1. The Morgan fingerprint density at radius 1 is 1.07 bits per heavy atom. The number of halogens is 1. The number of hydrogen-bond donors (Lipinski definition) is 3. The third-order valence-electron chi connectivity index (χ3n) is 5.15. The van der Waals surface area contributed by atoms with Gasteiger partial charge in [0, 0.05) is 36.1 Å². The molecule has 5 nitrogen and oxygen atoms in total. The zero-order valence-electron chi connectivity index (χ0n) is 14.7. The minimum absolute atomic E-state index is 0.0964. The minimum Gasteiger partial charge on any atom is -0.388 e. The van der Waals surface area contributed by atoms with Gasteiger partial charge in [-0.3, -0.25) is 4.79 Å². The number of amides is 1. The Balaban J connectivity index is 1.61. The van der Waals surface area contributed by atoms with Crippen LogP contribution in [-0.2, 0) is 11.2 Å². The molecule has 1 fully saturated rings. The fourth-order valence-electron chi connectivity index (χ4n) is 3.69. The predicted molar refractivity (Wildman–Crippen MR) is 101 cm³/mol. The van der Waals surface area contributed by atoms with Crippen molar-refractivity contribution in [1.29, 1.82) is 0 Å². The summed E-state index contributed by atoms with van der Waals surface area (Å²) in [6.45, 7) is 0.331. The summed E-state index contributed by atoms with van der Waals surface area (Å²) in [6.07, 6.45) is -0.970. The highest BCUT2D eigenvalue weighted by Crippen LogP contribution is 2.31. The van der Waals surface area contributed by atoms with E-state index < -0.39 is 12.2 Å². The van der Waals surface area contributed by atoms with Crippen molar-refractivity contribution in [1.82, 2.24) is 9.88 Å². The van der Waals surface area contributed by atoms with Crippen molar-refractivity contribution in [3.63, 3.8) is 0 Å². The Bertz CT molecular complexity index is 957. The first-order chi connectivity index (χ1) is 13.0. The quantitative estimate of drug-likeness (QED) is 0.662. The second kappa shape index (κ2) is 7.13. The molecule has 1 amide bonds. The van der Waals surface area contributed by atoms with E-state index in [1.54, 1.807) is 12.1 Å². The Kier molecular flexibility index (Phi) is 4.68. The number of carbonyl (C=O) groups is 1. The molecule has 1 aliphatic rings. The average molecular weight is 368 g/mol. The van der Waals surface area contributed by atoms with Crippen LogP contribution in [0.5, 0.6) is 0 Å². The fraction of sp³-hybridized carbons (Fsp3) is 0.286. The van der Waals surface area contributed by atoms with E-state index in [-0.39, 0.29) is 31.2 Å². The van der Waals surface area contributed by atoms with Crippen LogP contribution >= 0.6 is 0 Å². The van der Waals surface area contributed by atoms with Gasteiger partial charge >= 0.3 is 0 Å². The van der Waals surface area contributed by atoms with Crippen LogP contribution < -0.4 is 0 Å². The van der Waals surface area contributed by atoms with Gasteiger partial charge < -0.3 is 20.1 Å². The number of aliphatic hydroxyl groups excluding tert-OH is 2. The standard InChI is InChI=1S/C21H21FN2O3/c22-14-7-5-13(6-8-14)21-16(15-3-1-2-4-17(15)23-21)9-10-20(27)24-11-18(25)19(26)12-24/h1-8,18-19,23,25-26H,9-12H2/t18-,19-/m0/s1. The number of hydrogen-bond acceptors (Lipinski definition) is 3. The number of nitrogens with zero attached hydrogens (tertiary/aromatic N) is 1. The van der Waals surface area contributed by atoms with Crippen LogP contribution in [0.3, 0.4) is 0 Å². The van der Waals surface area contributed by atoms with Gasteiger partial charge in [0.2, 0.25) is 5.91 Å². The Labute approximate surface area is 156 Å². The summed E-state index contributed by atoms with van der Waals surface area (Å²) < 4.78 is 13.3. The highest BCUT2D eigenvalue weighted by molar-refractivity contribution is 5.91. The largest absolute Gasteiger partial charge is 0.388 e. The van der Waals surface area contributed by atoms with Crippen LogP contribution in [0.1, 0.15) is 12.0 Å². The fourth-order valence-corrected chi connectivity index (χ4v) is 3.69. The summed E-state index contributed by atoms with van der Waals surface area (Å²) >= 11 is 0. The number of rotatable bonds is 4. The molecule has 2 atom stereocenters. The summed E-state index contributed by atoms with van der Waals surface area (Å²) in [5.41, 5.74) is 3.71. The van der Waals surface area contributed by atoms with E-state index in [2.05, 4.69) is 4.98 Å². The molecule has 3 aromatic rings. The normalized spacial score (nSPS) is 19.7. The van der Waals surface area contributed by atoms with Gasteiger partial charge in [-0.05, 0) is 47.9 Å². The maximum Gasteiger partial charge on any atom is 0.223 e. The second-order valence-electron chi connectivity index (χ2n) is 6.96. The third-order valence-corrected chi connectivity index (χ3v) is 5.15. The molecule has 2 heterocycles. The highest BCUT2D eigenvalue weighted by atomic mass is 19.1. The number of benzene rings is 2. The number of likely N-dealkylation sites (tertiary alicyclic amines) is 1. The van der Waals surface area contributed by atoms with Crippen LogP contribution in [-0.4, -0.2) is 51.3 Å². The number of aromatic amines is 1. The lowest BCUT2D eigenvalue weighted by Gasteiger charge is -2.15. The molecule has 27 heavy (non-hydrogen) atoms. The molecule has 0 saturated carbocycles. The Morgan fingerprint density at radius 2 is 1.74 bits per heavy atom. The smallest absolute Gasteiger partial charge is 0.223 e. The number of fused-ring (bicyclic) bond motifs is 1. The van der Waals surface area contributed by atoms with Gasteiger partial charge in [-0.1, -0.05) is 18.2 Å². The summed E-state index contributed by atoms with van der Waals surface area (Å²) in [4.78, 5) is 17.4. The van der Waals surface area contributed by atoms with E-state index >= 15 is 0 Å². The molecular formula is C21H21FN2O3. The Hall–Kier alpha value is -2.70. The lowest BCUT2D eigenvalue weighted by Crippen LogP contribution is -2.29. The average Bonchev–Trinajstić information content (AvgIpc) is 3.20. The lowest BCUT2D eigenvalue weighted by atomic mass is 10.0. The number of β-amino-alcohol motifs (C(OH)–C–C–N with tert-alkyl or cyclic N) is 2. The van der Waals surface area contributed by atoms with Crippen molar-refractivity contribution in [3.8, 4) is 11.3 Å². The van der Waals surface area contributed by atoms with Crippen molar-refractivity contribution >= 4 is 16.8 Å². The molecule has 0 unspecified atom stereocenters. The highest BCUT2D eigenvalue weighted by Gasteiger charge is 2.32. The van der Waals surface area contributed by atoms with Gasteiger partial charge in [0.25, 0.3) is 0 Å². The number of aromatic nitrogens is 1. The van der Waals surface area contributed by atoms with E-state index in [4.69, 9.17) is 0 Å². The van der Waals surface area contributed by atoms with Crippen LogP contribution in [0, 0.1) is 5.82 Å². The second-order valence-corrected chi connectivity index (χ2v) is 6.96. The summed E-state index contributed by atoms with van der Waals surface area (Å²) in [6, 6.07) is 14.1. The van der Waals surface area contributed by atoms with E-state index in [1.165, 1.54) is 17.0 Å². The zero-order valence-corrected chi connectivity index (χ0v) is 14.7. The molecule has 1 aliphatic heterocycles. The lowest BCUT2D eigenvalue weighted by molar-refractivity contribution is -0.130. The van der Waals surface area contributed by atoms with Gasteiger partial charge in [-0.25, -0.2) is 4.39 Å². The van der Waals surface area contributed by atoms with Crippen molar-refractivity contribution in [2.75, 3.05) is 13.1 Å². The number of carbonyl (C=O) groups excluding carboxylic acids is 1. The molecule has 1 saturated heterocycles. The first-order valence-electron chi connectivity index (χ1n) is 9.02. The maximum atomic E-state index is 13.3. The third kappa shape index (κ3) is 3.46. The van der Waals surface area contributed by atoms with E-state index in [0.717, 1.165) is 27.7 Å². The monoisotopic (exact) mass is 368 g/mol. The van der Waals surface area contributed by atoms with Crippen LogP contribution in [0.4, 0.5) is 4.39 Å². The molecule has 6 heteroatoms. The zero-order chi connectivity index (χ0) is 19.0. The molecule has 2 aromatic carbocycles. The summed E-state index contributed by atoms with van der Waals surface area (Å²) in [5.74, 6) is -0.390. The molecule has 3 N–H and O–H groups in total. The van der Waals surface area contributed by atoms with Gasteiger partial charge in [-0.2, -0.15) is 0 Å². The molecule has 140 valence electrons. The molecule has 4 rings (SSSR count). The van der Waals surface area contributed by atoms with E-state index in [0.29, 0.717) is 6.42 Å². The van der Waals surface area contributed by atoms with E-state index in [9.17, 15) is 19.4 Å². The summed E-state index contributed by atoms with van der Waals surface area (Å²) in [7, 11) is 0. The number of para-hydroxylation sites is 1. The van der Waals surface area contributed by atoms with Crippen LogP contribution in [0.2, 0.25) is 0 Å². The van der Waals surface area contributed by atoms with E-state index in [1.807, 2.05) is 24.3 Å². The summed E-state index contributed by atoms with van der Waals surface area (Å²) in [5, 5.41) is 20.3. The van der Waals surface area contributed by atoms with Crippen molar-refractivity contribution in [2.24, 2.45) is 0 Å². The van der Waals surface area contributed by atoms with Gasteiger partial charge in [0.1, 0.15) is 5.82 Å².